The first-order valence-electron chi connectivity index (χ1n) is 24.8. The SMILES string of the molecule is CC(CC(=O)C(NC(=O)CCC(=O)CCC(=O)O)C(C)C)C(=O)N[C@H](CCCCNC(=O)CCNC(=O)[C@@H](N)CCN(C(=O)CO)[C@@H](c1cc(-c2cc(F)ccc2F)cn1Cc1ccccc1)C(C)(C)C)C(=O)O. The number of aliphatic carboxylic acids is 2. The lowest BCUT2D eigenvalue weighted by Gasteiger charge is -2.41. The average molecular weight is 1040 g/mol. The highest BCUT2D eigenvalue weighted by atomic mass is 19.1. The van der Waals surface area contributed by atoms with E-state index in [-0.39, 0.29) is 88.9 Å². The number of carboxylic acids is 2. The van der Waals surface area contributed by atoms with Crippen molar-refractivity contribution in [3.05, 3.63) is 83.7 Å². The van der Waals surface area contributed by atoms with Crippen LogP contribution in [0.25, 0.3) is 11.1 Å². The summed E-state index contributed by atoms with van der Waals surface area (Å²) in [7, 11) is 0. The van der Waals surface area contributed by atoms with Gasteiger partial charge in [-0.25, -0.2) is 13.6 Å². The highest BCUT2D eigenvalue weighted by Gasteiger charge is 2.38. The number of ketones is 2. The first-order valence-corrected chi connectivity index (χ1v) is 24.8. The Morgan fingerprint density at radius 1 is 0.770 bits per heavy atom. The summed E-state index contributed by atoms with van der Waals surface area (Å²) in [6.07, 6.45) is 0.851. The lowest BCUT2D eigenvalue weighted by atomic mass is 9.82. The molecular formula is C53H73F2N7O12. The number of aromatic nitrogens is 1. The molecule has 0 saturated heterocycles. The molecule has 0 radical (unpaired) electrons. The number of carbonyl (C=O) groups is 9. The Labute approximate surface area is 430 Å². The quantitative estimate of drug-likeness (QED) is 0.0403. The molecule has 0 aliphatic rings. The predicted octanol–water partition coefficient (Wildman–Crippen LogP) is 4.42. The number of benzene rings is 2. The Bertz CT molecular complexity index is 2420. The number of halogens is 2. The third-order valence-electron chi connectivity index (χ3n) is 12.3. The number of rotatable bonds is 32. The van der Waals surface area contributed by atoms with Crippen LogP contribution in [0.15, 0.2) is 60.8 Å². The highest BCUT2D eigenvalue weighted by molar-refractivity contribution is 5.94. The zero-order valence-electron chi connectivity index (χ0n) is 43.1. The van der Waals surface area contributed by atoms with Gasteiger partial charge < -0.3 is 51.8 Å². The molecule has 0 saturated carbocycles. The van der Waals surface area contributed by atoms with Gasteiger partial charge in [-0.3, -0.25) is 38.4 Å². The van der Waals surface area contributed by atoms with Crippen LogP contribution in [-0.4, -0.2) is 122 Å². The summed E-state index contributed by atoms with van der Waals surface area (Å²) in [6, 6.07) is 10.1. The van der Waals surface area contributed by atoms with Crippen molar-refractivity contribution in [2.24, 2.45) is 23.0 Å². The van der Waals surface area contributed by atoms with Crippen molar-refractivity contribution in [2.75, 3.05) is 26.2 Å². The third-order valence-corrected chi connectivity index (χ3v) is 12.3. The number of aliphatic hydroxyl groups is 1. The zero-order chi connectivity index (χ0) is 55.3. The molecule has 74 heavy (non-hydrogen) atoms. The molecule has 5 amide bonds. The second-order valence-corrected chi connectivity index (χ2v) is 19.9. The maximum atomic E-state index is 15.1. The van der Waals surface area contributed by atoms with Crippen molar-refractivity contribution in [1.82, 2.24) is 30.7 Å². The van der Waals surface area contributed by atoms with Crippen molar-refractivity contribution in [3.8, 4) is 11.1 Å². The number of hydrogen-bond acceptors (Lipinski definition) is 11. The highest BCUT2D eigenvalue weighted by Crippen LogP contribution is 2.41. The molecule has 3 aromatic rings. The van der Waals surface area contributed by atoms with E-state index in [1.54, 1.807) is 26.1 Å². The molecule has 5 atom stereocenters. The molecule has 0 aliphatic heterocycles. The number of Topliss-reactive ketones (excluding diaryl/α,β-unsaturated/α-hetero) is 2. The van der Waals surface area contributed by atoms with Crippen LogP contribution < -0.4 is 27.0 Å². The van der Waals surface area contributed by atoms with E-state index in [4.69, 9.17) is 10.8 Å². The van der Waals surface area contributed by atoms with E-state index in [2.05, 4.69) is 21.3 Å². The molecule has 21 heteroatoms. The molecule has 0 bridgehead atoms. The molecule has 1 heterocycles. The number of hydrogen-bond donors (Lipinski definition) is 8. The number of aliphatic hydroxyl groups excluding tert-OH is 1. The maximum Gasteiger partial charge on any atom is 0.326 e. The van der Waals surface area contributed by atoms with Crippen molar-refractivity contribution in [1.29, 1.82) is 0 Å². The van der Waals surface area contributed by atoms with Gasteiger partial charge in [0.1, 0.15) is 30.1 Å². The summed E-state index contributed by atoms with van der Waals surface area (Å²) in [5, 5.41) is 39.0. The first-order chi connectivity index (χ1) is 34.8. The first kappa shape index (κ1) is 61.4. The van der Waals surface area contributed by atoms with Crippen LogP contribution in [0.5, 0.6) is 0 Å². The topological polar surface area (TPSA) is 297 Å². The molecule has 1 aromatic heterocycles. The Kier molecular flexibility index (Phi) is 24.7. The molecule has 0 fully saturated rings. The minimum absolute atomic E-state index is 0.00954. The molecule has 0 aliphatic carbocycles. The minimum Gasteiger partial charge on any atom is -0.481 e. The van der Waals surface area contributed by atoms with Crippen molar-refractivity contribution in [3.63, 3.8) is 0 Å². The largest absolute Gasteiger partial charge is 0.481 e. The Balaban J connectivity index is 1.50. The van der Waals surface area contributed by atoms with Crippen molar-refractivity contribution < 1.29 is 67.3 Å². The fraction of sp³-hybridized carbons (Fsp3) is 0.528. The normalized spacial score (nSPS) is 13.4. The number of carbonyl (C=O) groups excluding carboxylic acids is 7. The molecule has 3 rings (SSSR count). The van der Waals surface area contributed by atoms with Crippen LogP contribution in [0.3, 0.4) is 0 Å². The monoisotopic (exact) mass is 1040 g/mol. The Morgan fingerprint density at radius 3 is 2.07 bits per heavy atom. The van der Waals surface area contributed by atoms with E-state index in [9.17, 15) is 57.8 Å². The van der Waals surface area contributed by atoms with Gasteiger partial charge in [0.05, 0.1) is 24.5 Å². The number of nitrogens with two attached hydrogens (primary N) is 1. The van der Waals surface area contributed by atoms with Crippen molar-refractivity contribution >= 4 is 53.0 Å². The van der Waals surface area contributed by atoms with E-state index in [1.165, 1.54) is 11.8 Å². The summed E-state index contributed by atoms with van der Waals surface area (Å²) in [4.78, 5) is 114. The Hall–Kier alpha value is -6.87. The molecule has 9 N–H and O–H groups in total. The van der Waals surface area contributed by atoms with E-state index in [1.807, 2.05) is 55.7 Å². The summed E-state index contributed by atoms with van der Waals surface area (Å²) in [5.74, 6) is -8.84. The fourth-order valence-corrected chi connectivity index (χ4v) is 8.31. The maximum absolute atomic E-state index is 15.1. The smallest absolute Gasteiger partial charge is 0.326 e. The second kappa shape index (κ2) is 29.7. The summed E-state index contributed by atoms with van der Waals surface area (Å²) in [6.45, 7) is 9.95. The predicted molar refractivity (Wildman–Crippen MR) is 270 cm³/mol. The van der Waals surface area contributed by atoms with E-state index < -0.39 is 107 Å². The molecule has 406 valence electrons. The lowest BCUT2D eigenvalue weighted by molar-refractivity contribution is -0.143. The summed E-state index contributed by atoms with van der Waals surface area (Å²) >= 11 is 0. The number of nitrogens with zero attached hydrogens (tertiary/aromatic N) is 2. The van der Waals surface area contributed by atoms with Gasteiger partial charge in [-0.1, -0.05) is 71.9 Å². The van der Waals surface area contributed by atoms with E-state index in [0.717, 1.165) is 23.8 Å². The average Bonchev–Trinajstić information content (AvgIpc) is 3.74. The second-order valence-electron chi connectivity index (χ2n) is 19.9. The summed E-state index contributed by atoms with van der Waals surface area (Å²) < 4.78 is 31.4. The number of amides is 5. The standard InChI is InChI=1S/C53H73F2N7O12/c1-32(2)48(60-45(67)19-16-37(64)17-20-47(69)70)43(65)26-33(3)50(71)59-41(52(73)74)14-10-11-23-57-44(66)21-24-58-51(72)40(56)22-25-62(46(68)31-63)49(53(4,5)6)42-27-35(38-28-36(54)15-18-39(38)55)30-61(42)29-34-12-8-7-9-13-34/h7-9,12-13,15,18,27-28,30,32-33,40-41,48-49,63H,10-11,14,16-17,19-26,29,31,56H2,1-6H3,(H,57,66)(H,58,72)(H,59,71)(H,60,67)(H,69,70)(H,73,74)/t33?,40-,41+,48?,49-/m0/s1. The van der Waals surface area contributed by atoms with Crippen LogP contribution in [-0.2, 0) is 49.7 Å². The van der Waals surface area contributed by atoms with E-state index >= 15 is 4.39 Å². The van der Waals surface area contributed by atoms with Crippen LogP contribution >= 0.6 is 0 Å². The van der Waals surface area contributed by atoms with Crippen LogP contribution in [0.1, 0.15) is 123 Å². The zero-order valence-corrected chi connectivity index (χ0v) is 43.1. The number of carboxylic acid groups (broad SMARTS) is 2. The van der Waals surface area contributed by atoms with Crippen molar-refractivity contribution in [2.45, 2.75) is 136 Å². The van der Waals surface area contributed by atoms with Gasteiger partial charge in [0, 0.05) is 87.2 Å². The molecule has 2 aromatic carbocycles. The van der Waals surface area contributed by atoms with Crippen LogP contribution in [0.2, 0.25) is 0 Å². The fourth-order valence-electron chi connectivity index (χ4n) is 8.31. The van der Waals surface area contributed by atoms with Gasteiger partial charge in [0.15, 0.2) is 5.78 Å². The number of unbranched alkanes of at least 4 members (excludes halogenated alkanes) is 1. The van der Waals surface area contributed by atoms with Crippen LogP contribution in [0.4, 0.5) is 8.78 Å². The summed E-state index contributed by atoms with van der Waals surface area (Å²) in [5.41, 5.74) is 7.46. The van der Waals surface area contributed by atoms with Gasteiger partial charge in [-0.15, -0.1) is 0 Å². The van der Waals surface area contributed by atoms with Gasteiger partial charge in [0.25, 0.3) is 0 Å². The van der Waals surface area contributed by atoms with Gasteiger partial charge >= 0.3 is 11.9 Å². The van der Waals surface area contributed by atoms with Gasteiger partial charge in [0.2, 0.25) is 29.5 Å². The molecule has 0 spiro atoms. The van der Waals surface area contributed by atoms with Gasteiger partial charge in [-0.2, -0.15) is 0 Å². The number of nitrogens with one attached hydrogen (secondary N) is 4. The molecular weight excluding hydrogens is 965 g/mol. The lowest BCUT2D eigenvalue weighted by Crippen LogP contribution is -2.47. The molecule has 19 nitrogen and oxygen atoms in total. The van der Waals surface area contributed by atoms with Crippen LogP contribution in [0, 0.1) is 28.9 Å². The minimum atomic E-state index is -1.30. The Morgan fingerprint density at radius 2 is 1.45 bits per heavy atom. The van der Waals surface area contributed by atoms with E-state index in [0.29, 0.717) is 24.2 Å². The third kappa shape index (κ3) is 20.2. The molecule has 2 unspecified atom stereocenters. The van der Waals surface area contributed by atoms with Gasteiger partial charge in [-0.05, 0) is 66.8 Å².